The number of nitrogens with zero attached hydrogens (tertiary/aromatic N) is 2. The summed E-state index contributed by atoms with van der Waals surface area (Å²) in [5, 5.41) is 19.8. The van der Waals surface area contributed by atoms with E-state index < -0.39 is 227 Å². The molecule has 32 heteroatoms. The first-order valence-corrected chi connectivity index (χ1v) is 42.2. The van der Waals surface area contributed by atoms with Gasteiger partial charge in [-0.1, -0.05) is 322 Å². The summed E-state index contributed by atoms with van der Waals surface area (Å²) in [6.07, 6.45) is -54.8. The zero-order chi connectivity index (χ0) is 88.7. The molecule has 0 aliphatic carbocycles. The van der Waals surface area contributed by atoms with Crippen LogP contribution in [0.3, 0.4) is 0 Å². The average Bonchev–Trinajstić information content (AvgIpc) is 0.701. The number of alkyl halides is 24. The van der Waals surface area contributed by atoms with Crippen molar-refractivity contribution in [2.75, 3.05) is 0 Å². The Bertz CT molecular complexity index is 5090. The molecule has 124 heavy (non-hydrogen) atoms. The smallest absolute Gasteiger partial charge is 0.706 e. The van der Waals surface area contributed by atoms with Crippen molar-refractivity contribution in [3.8, 4) is 0 Å². The minimum atomic E-state index is -6.13. The SMILES string of the molecule is FC(F)(F)c1cc([B-](c2cc(C(F)(F)F)cc(C(F)(F)F)c2)(c2cc(C(F)(F)F)cc(C(F)(F)F)c2)c2cc(C(F)(F)F)cc(C(F)(F)F)c2)cc(C(F)(F)F)c1.[Fe+3].[N-]=Nc1ccccc1.c1ccc(P(c2ccccc2)c2ccccc2[Si-](c2ccccc2P(c2ccccc2)c2ccccc2)c2ccccc2P(c2ccccc2)c2ccccc2)cc1. The predicted octanol–water partition coefficient (Wildman–Crippen LogP) is 21.0. The van der Waals surface area contributed by atoms with E-state index in [1.54, 1.807) is 12.1 Å². The van der Waals surface area contributed by atoms with E-state index in [0.29, 0.717) is 5.69 Å². The Morgan fingerprint density at radius 2 is 0.363 bits per heavy atom. The van der Waals surface area contributed by atoms with Crippen LogP contribution >= 0.6 is 23.8 Å². The number of hydrogen-bond acceptors (Lipinski definition) is 1. The molecule has 0 unspecified atom stereocenters. The van der Waals surface area contributed by atoms with Crippen LogP contribution in [-0.2, 0) is 66.5 Å². The Morgan fingerprint density at radius 1 is 0.210 bits per heavy atom. The molecule has 0 saturated heterocycles. The third-order valence-corrected chi connectivity index (χ3v) is 30.7. The molecule has 0 bridgehead atoms. The first-order chi connectivity index (χ1) is 58.0. The van der Waals surface area contributed by atoms with Crippen LogP contribution in [0, 0.1) is 0 Å². The Morgan fingerprint density at radius 3 is 0.516 bits per heavy atom. The van der Waals surface area contributed by atoms with Gasteiger partial charge in [0.2, 0.25) is 0 Å². The van der Waals surface area contributed by atoms with Gasteiger partial charge in [0, 0.05) is 5.69 Å². The molecule has 0 atom stereocenters. The minimum Gasteiger partial charge on any atom is -0.706 e. The van der Waals surface area contributed by atoms with E-state index in [4.69, 9.17) is 5.53 Å². The summed E-state index contributed by atoms with van der Waals surface area (Å²) in [5.74, 6) is 0. The van der Waals surface area contributed by atoms with E-state index in [1.807, 2.05) is 18.2 Å². The molecule has 0 heterocycles. The zero-order valence-corrected chi connectivity index (χ0v) is 68.1. The molecule has 0 aliphatic rings. The van der Waals surface area contributed by atoms with Crippen molar-refractivity contribution in [2.45, 2.75) is 49.4 Å². The molecule has 1 radical (unpaired) electrons. The summed E-state index contributed by atoms with van der Waals surface area (Å²) in [5.41, 5.74) is -21.5. The molecule has 0 aromatic heterocycles. The number of benzene rings is 14. The van der Waals surface area contributed by atoms with E-state index in [1.165, 1.54) is 63.3 Å². The fourth-order valence-electron chi connectivity index (χ4n) is 14.4. The first kappa shape index (κ1) is 93.8. The van der Waals surface area contributed by atoms with Crippen LogP contribution in [0.1, 0.15) is 44.5 Å². The Labute approximate surface area is 710 Å². The number of rotatable bonds is 17. The maximum atomic E-state index is 14.2. The molecule has 0 aliphatic heterocycles. The molecule has 0 saturated carbocycles. The first-order valence-electron chi connectivity index (χ1n) is 36.7. The maximum Gasteiger partial charge on any atom is 3.00 e. The zero-order valence-electron chi connectivity index (χ0n) is 63.3. The van der Waals surface area contributed by atoms with Gasteiger partial charge >= 0.3 is 66.5 Å². The molecule has 14 rings (SSSR count). The molecule has 14 aromatic rings. The number of halogens is 24. The van der Waals surface area contributed by atoms with Gasteiger partial charge in [-0.15, -0.1) is 0 Å². The molecule has 2 nitrogen and oxygen atoms in total. The van der Waals surface area contributed by atoms with E-state index in [0.717, 1.165) is 0 Å². The van der Waals surface area contributed by atoms with Gasteiger partial charge in [-0.2, -0.15) is 143 Å². The van der Waals surface area contributed by atoms with Gasteiger partial charge in [-0.25, -0.2) is 8.80 Å². The van der Waals surface area contributed by atoms with Crippen molar-refractivity contribution in [1.29, 1.82) is 0 Å². The minimum absolute atomic E-state index is 0. The van der Waals surface area contributed by atoms with Crippen molar-refractivity contribution in [3.63, 3.8) is 0 Å². The van der Waals surface area contributed by atoms with E-state index >= 15 is 0 Å². The van der Waals surface area contributed by atoms with Crippen LogP contribution < -0.4 is 85.2 Å². The van der Waals surface area contributed by atoms with E-state index in [-0.39, 0.29) is 17.1 Å². The Kier molecular flexibility index (Phi) is 29.0. The van der Waals surface area contributed by atoms with Gasteiger partial charge in [0.25, 0.3) is 0 Å². The fourth-order valence-corrected chi connectivity index (χ4v) is 26.1. The summed E-state index contributed by atoms with van der Waals surface area (Å²) in [7, 11) is -4.30. The second kappa shape index (κ2) is 38.3. The molecule has 0 spiro atoms. The molecule has 0 amide bonds. The van der Waals surface area contributed by atoms with Crippen molar-refractivity contribution in [2.24, 2.45) is 5.11 Å². The van der Waals surface area contributed by atoms with Crippen LogP contribution in [0.2, 0.25) is 0 Å². The van der Waals surface area contributed by atoms with Crippen LogP contribution in [0.15, 0.2) is 363 Å². The standard InChI is InChI=1S/C54H42P3Si.C32H12BF24.C6H5N2.Fe/c1-7-25-43(26-8-1)55(44-27-9-2-10-28-44)49-37-19-22-40-52(49)58(53-41-23-20-38-50(53)56(45-29-11-3-12-30-45)46-31-13-4-14-32-46)54-42-24-21-39-51(54)57(47-33-15-5-16-34-47)48-35-17-6-18-36-48;34-25(35,36)13-1-14(26(37,38)39)6-21(5-13)33(22-7-15(27(40,41)42)2-16(8-22)28(43,44)45,23-9-17(29(46,47)48)3-18(10-23)30(49,50)51)24-11-19(31(52,53)54)4-20(12-24)32(55,56)57;7-8-6-4-2-1-3-5-6;/h1-42H;1-12H;1-5H;/q3*-1;+3. The van der Waals surface area contributed by atoms with Crippen LogP contribution in [0.5, 0.6) is 0 Å². The largest absolute Gasteiger partial charge is 3.00 e. The Hall–Kier alpha value is -10.9. The molecule has 14 aromatic carbocycles. The molecular formula is C92H59BF24FeN2P3Si. The third-order valence-electron chi connectivity index (χ3n) is 19.6. The van der Waals surface area contributed by atoms with Gasteiger partial charge in [-0.3, -0.25) is 0 Å². The molecule has 0 fully saturated rings. The summed E-state index contributed by atoms with van der Waals surface area (Å²) < 4.78 is 341. The second-order valence-electron chi connectivity index (χ2n) is 27.6. The molecule has 635 valence electrons. The van der Waals surface area contributed by atoms with Crippen LogP contribution in [-0.4, -0.2) is 14.9 Å². The van der Waals surface area contributed by atoms with Crippen molar-refractivity contribution in [1.82, 2.24) is 0 Å². The van der Waals surface area contributed by atoms with Crippen LogP contribution in [0.25, 0.3) is 5.53 Å². The predicted molar refractivity (Wildman–Crippen MR) is 442 cm³/mol. The van der Waals surface area contributed by atoms with Crippen molar-refractivity contribution >= 4 is 130 Å². The summed E-state index contributed by atoms with van der Waals surface area (Å²) in [6.45, 7) is 0. The topological polar surface area (TPSA) is 34.7 Å². The quantitative estimate of drug-likeness (QED) is 0.0286. The van der Waals surface area contributed by atoms with Crippen LogP contribution in [0.4, 0.5) is 111 Å². The monoisotopic (exact) mass is 1840 g/mol. The van der Waals surface area contributed by atoms with Crippen molar-refractivity contribution < 1.29 is 122 Å². The van der Waals surface area contributed by atoms with E-state index in [2.05, 4.69) is 260 Å². The van der Waals surface area contributed by atoms with Crippen molar-refractivity contribution in [3.05, 3.63) is 408 Å². The van der Waals surface area contributed by atoms with Gasteiger partial charge in [0.1, 0.15) is 6.15 Å². The third kappa shape index (κ3) is 21.9. The summed E-state index contributed by atoms with van der Waals surface area (Å²) >= 11 is 0. The number of hydrogen-bond donors (Lipinski definition) is 0. The normalized spacial score (nSPS) is 12.4. The van der Waals surface area contributed by atoms with Gasteiger partial charge in [0.15, 0.2) is 0 Å². The average molecular weight is 1840 g/mol. The Balaban J connectivity index is 0.000000219. The van der Waals surface area contributed by atoms with Gasteiger partial charge in [0.05, 0.1) is 44.5 Å². The second-order valence-corrected chi connectivity index (χ2v) is 36.5. The fraction of sp³-hybridized carbons (Fsp3) is 0.0870. The maximum absolute atomic E-state index is 14.2. The molecular weight excluding hydrogens is 1780 g/mol. The van der Waals surface area contributed by atoms with Gasteiger partial charge < -0.3 is 10.6 Å². The van der Waals surface area contributed by atoms with E-state index in [9.17, 15) is 105 Å². The van der Waals surface area contributed by atoms with Gasteiger partial charge in [-0.05, 0) is 108 Å². The summed E-state index contributed by atoms with van der Waals surface area (Å²) in [4.78, 5) is 0. The summed E-state index contributed by atoms with van der Waals surface area (Å²) in [6, 6.07) is 95.7. The molecule has 0 N–H and O–H groups in total.